The molecule has 1 aliphatic rings. The van der Waals surface area contributed by atoms with Crippen LogP contribution in [0.4, 0.5) is 5.82 Å². The minimum atomic E-state index is -1.40. The van der Waals surface area contributed by atoms with Crippen molar-refractivity contribution < 1.29 is 24.2 Å². The topological polar surface area (TPSA) is 140 Å². The molecule has 2 aromatic carbocycles. The Morgan fingerprint density at radius 3 is 2.42 bits per heavy atom. The molecule has 0 atom stereocenters. The molecule has 1 aliphatic carbocycles. The number of nitrogens with two attached hydrogens (primary N) is 1. The van der Waals surface area contributed by atoms with E-state index in [1.165, 1.54) is 0 Å². The molecule has 1 heterocycles. The van der Waals surface area contributed by atoms with E-state index in [0.717, 1.165) is 19.4 Å². The van der Waals surface area contributed by atoms with Crippen LogP contribution in [0.15, 0.2) is 36.4 Å². The molecule has 4 rings (SSSR count). The number of amides is 1. The van der Waals surface area contributed by atoms with Gasteiger partial charge in [-0.05, 0) is 70.6 Å². The van der Waals surface area contributed by atoms with Crippen molar-refractivity contribution in [1.82, 2.24) is 20.2 Å². The molecule has 0 saturated heterocycles. The van der Waals surface area contributed by atoms with E-state index in [1.807, 2.05) is 21.0 Å². The summed E-state index contributed by atoms with van der Waals surface area (Å²) in [7, 11) is 3.97. The molecule has 230 valence electrons. The molecule has 0 spiro atoms. The number of nitrogens with zero attached hydrogens (tertiary/aromatic N) is 3. The first-order chi connectivity index (χ1) is 20.5. The van der Waals surface area contributed by atoms with Crippen molar-refractivity contribution in [3.63, 3.8) is 0 Å². The minimum absolute atomic E-state index is 0.167. The molecule has 0 radical (unpaired) electrons. The molecule has 0 aliphatic heterocycles. The molecule has 12 heteroatoms. The van der Waals surface area contributed by atoms with Crippen molar-refractivity contribution in [2.45, 2.75) is 51.0 Å². The van der Waals surface area contributed by atoms with Crippen LogP contribution >= 0.6 is 23.2 Å². The third-order valence-electron chi connectivity index (χ3n) is 7.32. The molecule has 43 heavy (non-hydrogen) atoms. The highest BCUT2D eigenvalue weighted by atomic mass is 35.5. The lowest BCUT2D eigenvalue weighted by Gasteiger charge is -2.33. The van der Waals surface area contributed by atoms with Gasteiger partial charge in [0.05, 0.1) is 29.0 Å². The SMILES string of the molecule is CCOc1ccc(Cl)c(-c2nc(N)c(C(=O)NC3(C(=O)O)CCCCC3)nc2-c2ccc(Cl)c(OCCCN(C)C)c2)c1. The summed E-state index contributed by atoms with van der Waals surface area (Å²) in [6.07, 6.45) is 3.71. The van der Waals surface area contributed by atoms with Crippen LogP contribution in [-0.2, 0) is 4.79 Å². The van der Waals surface area contributed by atoms with Crippen LogP contribution in [0.3, 0.4) is 0 Å². The summed E-state index contributed by atoms with van der Waals surface area (Å²) in [5.74, 6) is -0.964. The molecule has 0 bridgehead atoms. The molecule has 4 N–H and O–H groups in total. The fourth-order valence-electron chi connectivity index (χ4n) is 5.10. The van der Waals surface area contributed by atoms with E-state index in [4.69, 9.17) is 38.4 Å². The van der Waals surface area contributed by atoms with Gasteiger partial charge in [-0.1, -0.05) is 48.5 Å². The maximum Gasteiger partial charge on any atom is 0.329 e. The van der Waals surface area contributed by atoms with Gasteiger partial charge in [-0.15, -0.1) is 0 Å². The summed E-state index contributed by atoms with van der Waals surface area (Å²) in [6.45, 7) is 3.59. The predicted octanol–water partition coefficient (Wildman–Crippen LogP) is 5.95. The molecule has 1 aromatic heterocycles. The second kappa shape index (κ2) is 14.2. The molecule has 0 unspecified atom stereocenters. The Morgan fingerprint density at radius 1 is 1.02 bits per heavy atom. The Kier molecular flexibility index (Phi) is 10.7. The number of benzene rings is 2. The Hall–Kier alpha value is -3.60. The van der Waals surface area contributed by atoms with E-state index in [1.54, 1.807) is 36.4 Å². The maximum absolute atomic E-state index is 13.6. The second-order valence-electron chi connectivity index (χ2n) is 10.8. The first-order valence-corrected chi connectivity index (χ1v) is 15.0. The van der Waals surface area contributed by atoms with Crippen LogP contribution in [0.5, 0.6) is 11.5 Å². The molecular formula is C31H37Cl2N5O5. The highest BCUT2D eigenvalue weighted by Gasteiger charge is 2.42. The number of ether oxygens (including phenoxy) is 2. The zero-order valence-electron chi connectivity index (χ0n) is 24.6. The number of aliphatic carboxylic acids is 1. The summed E-state index contributed by atoms with van der Waals surface area (Å²) in [5, 5.41) is 13.5. The Labute approximate surface area is 261 Å². The van der Waals surface area contributed by atoms with Gasteiger partial charge in [0.25, 0.3) is 5.91 Å². The van der Waals surface area contributed by atoms with E-state index < -0.39 is 17.4 Å². The van der Waals surface area contributed by atoms with Crippen molar-refractivity contribution in [3.8, 4) is 34.0 Å². The Morgan fingerprint density at radius 2 is 1.74 bits per heavy atom. The maximum atomic E-state index is 13.6. The number of anilines is 1. The third-order valence-corrected chi connectivity index (χ3v) is 7.96. The van der Waals surface area contributed by atoms with Gasteiger partial charge in [-0.25, -0.2) is 14.8 Å². The quantitative estimate of drug-likeness (QED) is 0.207. The van der Waals surface area contributed by atoms with E-state index in [9.17, 15) is 14.7 Å². The van der Waals surface area contributed by atoms with Crippen LogP contribution in [0.2, 0.25) is 10.0 Å². The first-order valence-electron chi connectivity index (χ1n) is 14.3. The highest BCUT2D eigenvalue weighted by Crippen LogP contribution is 2.39. The number of aromatic nitrogens is 2. The van der Waals surface area contributed by atoms with Crippen molar-refractivity contribution in [1.29, 1.82) is 0 Å². The monoisotopic (exact) mass is 629 g/mol. The van der Waals surface area contributed by atoms with Crippen LogP contribution in [0.25, 0.3) is 22.5 Å². The molecule has 3 aromatic rings. The fourth-order valence-corrected chi connectivity index (χ4v) is 5.47. The number of carboxylic acid groups (broad SMARTS) is 1. The molecule has 1 fully saturated rings. The van der Waals surface area contributed by atoms with Gasteiger partial charge in [0, 0.05) is 17.7 Å². The minimum Gasteiger partial charge on any atom is -0.494 e. The largest absolute Gasteiger partial charge is 0.494 e. The Bertz CT molecular complexity index is 1480. The first kappa shape index (κ1) is 32.3. The van der Waals surface area contributed by atoms with Crippen molar-refractivity contribution >= 4 is 40.9 Å². The fraction of sp³-hybridized carbons (Fsp3) is 0.419. The van der Waals surface area contributed by atoms with E-state index in [-0.39, 0.29) is 17.2 Å². The standard InChI is InChI=1S/C31H37Cl2N5O5/c1-4-42-20-10-12-22(32)21(18-20)26-25(19-9-11-23(33)24(17-19)43-16-8-15-38(2)3)35-27(28(34)36-26)29(39)37-31(30(40)41)13-6-5-7-14-31/h9-12,17-18H,4-8,13-16H2,1-3H3,(H2,34,36)(H,37,39)(H,40,41). The predicted molar refractivity (Wildman–Crippen MR) is 168 cm³/mol. The van der Waals surface area contributed by atoms with Crippen LogP contribution < -0.4 is 20.5 Å². The average molecular weight is 631 g/mol. The Balaban J connectivity index is 1.82. The zero-order valence-corrected chi connectivity index (χ0v) is 26.1. The number of hydrogen-bond donors (Lipinski definition) is 3. The number of carbonyl (C=O) groups excluding carboxylic acids is 1. The number of hydrogen-bond acceptors (Lipinski definition) is 8. The van der Waals surface area contributed by atoms with E-state index >= 15 is 0 Å². The number of carbonyl (C=O) groups is 2. The van der Waals surface area contributed by atoms with Gasteiger partial charge in [0.2, 0.25) is 0 Å². The van der Waals surface area contributed by atoms with Crippen LogP contribution in [-0.4, -0.2) is 71.2 Å². The molecule has 10 nitrogen and oxygen atoms in total. The summed E-state index contributed by atoms with van der Waals surface area (Å²) < 4.78 is 11.7. The van der Waals surface area contributed by atoms with Crippen molar-refractivity contribution in [3.05, 3.63) is 52.1 Å². The molecule has 1 saturated carbocycles. The van der Waals surface area contributed by atoms with Gasteiger partial charge >= 0.3 is 5.97 Å². The molecule has 1 amide bonds. The van der Waals surface area contributed by atoms with Gasteiger partial charge < -0.3 is 30.5 Å². The molecular weight excluding hydrogens is 593 g/mol. The van der Waals surface area contributed by atoms with Crippen LogP contribution in [0.1, 0.15) is 55.9 Å². The summed E-state index contributed by atoms with van der Waals surface area (Å²) >= 11 is 13.1. The van der Waals surface area contributed by atoms with Gasteiger partial charge in [0.1, 0.15) is 22.7 Å². The van der Waals surface area contributed by atoms with Crippen LogP contribution in [0, 0.1) is 0 Å². The number of halogens is 2. The zero-order chi connectivity index (χ0) is 31.1. The highest BCUT2D eigenvalue weighted by molar-refractivity contribution is 6.33. The number of nitrogens with one attached hydrogen (secondary N) is 1. The van der Waals surface area contributed by atoms with Gasteiger partial charge in [-0.3, -0.25) is 4.79 Å². The lowest BCUT2D eigenvalue weighted by molar-refractivity contribution is -0.145. The number of nitrogen functional groups attached to an aromatic ring is 1. The summed E-state index contributed by atoms with van der Waals surface area (Å²) in [4.78, 5) is 37.2. The average Bonchev–Trinajstić information content (AvgIpc) is 2.97. The number of rotatable bonds is 12. The van der Waals surface area contributed by atoms with Gasteiger partial charge in [0.15, 0.2) is 11.5 Å². The van der Waals surface area contributed by atoms with E-state index in [0.29, 0.717) is 77.3 Å². The lowest BCUT2D eigenvalue weighted by Crippen LogP contribution is -2.55. The second-order valence-corrected chi connectivity index (χ2v) is 11.6. The van der Waals surface area contributed by atoms with Gasteiger partial charge in [-0.2, -0.15) is 0 Å². The normalized spacial score (nSPS) is 14.4. The summed E-state index contributed by atoms with van der Waals surface area (Å²) in [6, 6.07) is 10.3. The van der Waals surface area contributed by atoms with E-state index in [2.05, 4.69) is 20.2 Å². The number of carboxylic acids is 1. The van der Waals surface area contributed by atoms with Crippen molar-refractivity contribution in [2.24, 2.45) is 0 Å². The summed E-state index contributed by atoms with van der Waals surface area (Å²) in [5.41, 5.74) is 6.39. The van der Waals surface area contributed by atoms with Crippen molar-refractivity contribution in [2.75, 3.05) is 39.6 Å². The lowest BCUT2D eigenvalue weighted by atomic mass is 9.81. The third kappa shape index (κ3) is 7.68. The smallest absolute Gasteiger partial charge is 0.329 e.